The van der Waals surface area contributed by atoms with Gasteiger partial charge in [0.25, 0.3) is 5.91 Å². The first-order valence-corrected chi connectivity index (χ1v) is 10.3. The molecule has 4 rings (SSSR count). The summed E-state index contributed by atoms with van der Waals surface area (Å²) in [7, 11) is 1.73. The lowest BCUT2D eigenvalue weighted by molar-refractivity contribution is 0.0657. The van der Waals surface area contributed by atoms with E-state index >= 15 is 0 Å². The van der Waals surface area contributed by atoms with E-state index in [0.29, 0.717) is 50.1 Å². The minimum Gasteiger partial charge on any atom is -0.459 e. The zero-order valence-electron chi connectivity index (χ0n) is 18.1. The number of carbonyl (C=O) groups excluding carboxylic acids is 1. The molecule has 1 saturated heterocycles. The number of ether oxygens (including phenoxy) is 1. The van der Waals surface area contributed by atoms with Crippen LogP contribution in [0.15, 0.2) is 70.4 Å². The topological polar surface area (TPSA) is 83.2 Å². The standard InChI is InChI=1S/C23H24FN5O3.HI/c1-25-23(29-12-10-28(11-13-29)22(30)20-3-2-14-31-20)27-16-17-8-9-26-21(15-17)32-19-6-4-18(24)5-7-19;/h2-9,14-15H,10-13,16H2,1H3,(H,25,27);1H. The van der Waals surface area contributed by atoms with Crippen molar-refractivity contribution in [2.75, 3.05) is 33.2 Å². The van der Waals surface area contributed by atoms with Crippen molar-refractivity contribution in [2.24, 2.45) is 4.99 Å². The Hall–Kier alpha value is -3.15. The van der Waals surface area contributed by atoms with Crippen LogP contribution < -0.4 is 10.1 Å². The third-order valence-electron chi connectivity index (χ3n) is 5.10. The molecule has 1 aliphatic heterocycles. The first-order valence-electron chi connectivity index (χ1n) is 10.3. The van der Waals surface area contributed by atoms with Crippen LogP contribution in [0.2, 0.25) is 0 Å². The Bertz CT molecular complexity index is 1070. The van der Waals surface area contributed by atoms with Crippen LogP contribution in [0.5, 0.6) is 11.6 Å². The van der Waals surface area contributed by atoms with Crippen LogP contribution in [-0.4, -0.2) is 59.9 Å². The highest BCUT2D eigenvalue weighted by Crippen LogP contribution is 2.20. The number of hydrogen-bond acceptors (Lipinski definition) is 5. The molecule has 0 saturated carbocycles. The van der Waals surface area contributed by atoms with Gasteiger partial charge in [-0.05, 0) is 48.0 Å². The van der Waals surface area contributed by atoms with E-state index in [1.807, 2.05) is 12.1 Å². The van der Waals surface area contributed by atoms with Gasteiger partial charge in [-0.2, -0.15) is 0 Å². The summed E-state index contributed by atoms with van der Waals surface area (Å²) in [6.07, 6.45) is 3.17. The molecule has 1 N–H and O–H groups in total. The molecule has 33 heavy (non-hydrogen) atoms. The lowest BCUT2D eigenvalue weighted by atomic mass is 10.2. The molecule has 1 amide bonds. The largest absolute Gasteiger partial charge is 0.459 e. The number of nitrogens with zero attached hydrogens (tertiary/aromatic N) is 4. The van der Waals surface area contributed by atoms with E-state index in [-0.39, 0.29) is 35.7 Å². The molecule has 3 heterocycles. The van der Waals surface area contributed by atoms with Gasteiger partial charge in [-0.1, -0.05) is 0 Å². The number of aliphatic imine (C=N–C) groups is 1. The van der Waals surface area contributed by atoms with E-state index in [9.17, 15) is 9.18 Å². The summed E-state index contributed by atoms with van der Waals surface area (Å²) in [5.41, 5.74) is 0.963. The summed E-state index contributed by atoms with van der Waals surface area (Å²) in [4.78, 5) is 24.9. The highest BCUT2D eigenvalue weighted by atomic mass is 127. The Balaban J connectivity index is 0.00000306. The van der Waals surface area contributed by atoms with E-state index in [4.69, 9.17) is 9.15 Å². The number of amides is 1. The second-order valence-corrected chi connectivity index (χ2v) is 7.22. The average Bonchev–Trinajstić information content (AvgIpc) is 3.36. The molecule has 174 valence electrons. The predicted octanol–water partition coefficient (Wildman–Crippen LogP) is 3.76. The molecule has 0 radical (unpaired) electrons. The van der Waals surface area contributed by atoms with Crippen LogP contribution >= 0.6 is 24.0 Å². The number of halogens is 2. The maximum atomic E-state index is 13.1. The smallest absolute Gasteiger partial charge is 0.289 e. The minimum absolute atomic E-state index is 0. The second kappa shape index (κ2) is 11.6. The van der Waals surface area contributed by atoms with Crippen molar-refractivity contribution in [1.82, 2.24) is 20.1 Å². The predicted molar refractivity (Wildman–Crippen MR) is 133 cm³/mol. The van der Waals surface area contributed by atoms with E-state index in [2.05, 4.69) is 20.2 Å². The molecule has 3 aromatic rings. The number of piperazine rings is 1. The molecular formula is C23H25FIN5O3. The van der Waals surface area contributed by atoms with Gasteiger partial charge in [0.15, 0.2) is 11.7 Å². The lowest BCUT2D eigenvalue weighted by Gasteiger charge is -2.36. The van der Waals surface area contributed by atoms with Crippen LogP contribution in [-0.2, 0) is 6.54 Å². The van der Waals surface area contributed by atoms with Crippen molar-refractivity contribution in [1.29, 1.82) is 0 Å². The van der Waals surface area contributed by atoms with Crippen molar-refractivity contribution in [2.45, 2.75) is 6.54 Å². The molecule has 2 aromatic heterocycles. The van der Waals surface area contributed by atoms with E-state index in [1.54, 1.807) is 42.4 Å². The first-order chi connectivity index (χ1) is 15.6. The number of guanidine groups is 1. The summed E-state index contributed by atoms with van der Waals surface area (Å²) < 4.78 is 24.0. The summed E-state index contributed by atoms with van der Waals surface area (Å²) >= 11 is 0. The van der Waals surface area contributed by atoms with Crippen molar-refractivity contribution < 1.29 is 18.3 Å². The summed E-state index contributed by atoms with van der Waals surface area (Å²) in [5.74, 6) is 1.65. The van der Waals surface area contributed by atoms with Crippen molar-refractivity contribution in [3.63, 3.8) is 0 Å². The van der Waals surface area contributed by atoms with E-state index < -0.39 is 0 Å². The molecule has 1 aromatic carbocycles. The molecule has 0 atom stereocenters. The second-order valence-electron chi connectivity index (χ2n) is 7.22. The molecule has 1 fully saturated rings. The molecule has 1 aliphatic rings. The number of rotatable bonds is 5. The highest BCUT2D eigenvalue weighted by Gasteiger charge is 2.25. The van der Waals surface area contributed by atoms with Gasteiger partial charge < -0.3 is 24.3 Å². The summed E-state index contributed by atoms with van der Waals surface area (Å²) in [6, 6.07) is 12.9. The Morgan fingerprint density at radius 2 is 1.88 bits per heavy atom. The van der Waals surface area contributed by atoms with Crippen LogP contribution in [0, 0.1) is 5.82 Å². The number of carbonyl (C=O) groups is 1. The third-order valence-corrected chi connectivity index (χ3v) is 5.10. The molecular weight excluding hydrogens is 540 g/mol. The monoisotopic (exact) mass is 565 g/mol. The number of hydrogen-bond donors (Lipinski definition) is 1. The maximum absolute atomic E-state index is 13.1. The van der Waals surface area contributed by atoms with Gasteiger partial charge in [-0.25, -0.2) is 9.37 Å². The van der Waals surface area contributed by atoms with Crippen LogP contribution in [0.1, 0.15) is 16.1 Å². The van der Waals surface area contributed by atoms with Gasteiger partial charge in [0.05, 0.1) is 6.26 Å². The molecule has 10 heteroatoms. The fourth-order valence-electron chi connectivity index (χ4n) is 3.43. The fraction of sp³-hybridized carbons (Fsp3) is 0.261. The highest BCUT2D eigenvalue weighted by molar-refractivity contribution is 14.0. The molecule has 0 spiro atoms. The third kappa shape index (κ3) is 6.44. The van der Waals surface area contributed by atoms with Gasteiger partial charge in [-0.15, -0.1) is 24.0 Å². The van der Waals surface area contributed by atoms with Crippen LogP contribution in [0.4, 0.5) is 4.39 Å². The minimum atomic E-state index is -0.319. The number of benzene rings is 1. The summed E-state index contributed by atoms with van der Waals surface area (Å²) in [6.45, 7) is 3.04. The Morgan fingerprint density at radius 3 is 2.55 bits per heavy atom. The SMILES string of the molecule is CN=C(NCc1ccnc(Oc2ccc(F)cc2)c1)N1CCN(C(=O)c2ccco2)CC1.I. The first kappa shape index (κ1) is 24.5. The Morgan fingerprint density at radius 1 is 1.15 bits per heavy atom. The van der Waals surface area contributed by atoms with Crippen LogP contribution in [0.25, 0.3) is 0 Å². The van der Waals surface area contributed by atoms with Crippen molar-refractivity contribution in [3.05, 3.63) is 78.1 Å². The number of pyridine rings is 1. The van der Waals surface area contributed by atoms with E-state index in [0.717, 1.165) is 11.5 Å². The number of nitrogens with one attached hydrogen (secondary N) is 1. The fourth-order valence-corrected chi connectivity index (χ4v) is 3.43. The van der Waals surface area contributed by atoms with Crippen LogP contribution in [0.3, 0.4) is 0 Å². The number of furan rings is 1. The van der Waals surface area contributed by atoms with Gasteiger partial charge in [0.1, 0.15) is 11.6 Å². The zero-order chi connectivity index (χ0) is 22.3. The zero-order valence-corrected chi connectivity index (χ0v) is 20.4. The van der Waals surface area contributed by atoms with Crippen molar-refractivity contribution in [3.8, 4) is 11.6 Å². The van der Waals surface area contributed by atoms with Gasteiger partial charge in [-0.3, -0.25) is 9.79 Å². The quantitative estimate of drug-likeness (QED) is 0.288. The van der Waals surface area contributed by atoms with Gasteiger partial charge in [0.2, 0.25) is 5.88 Å². The molecule has 0 aliphatic carbocycles. The average molecular weight is 565 g/mol. The van der Waals surface area contributed by atoms with Gasteiger partial charge in [0, 0.05) is 52.0 Å². The number of aromatic nitrogens is 1. The Kier molecular flexibility index (Phi) is 8.64. The Labute approximate surface area is 208 Å². The van der Waals surface area contributed by atoms with E-state index in [1.165, 1.54) is 18.4 Å². The lowest BCUT2D eigenvalue weighted by Crippen LogP contribution is -2.53. The molecule has 0 unspecified atom stereocenters. The molecule has 0 bridgehead atoms. The molecule has 8 nitrogen and oxygen atoms in total. The van der Waals surface area contributed by atoms with Crippen molar-refractivity contribution >= 4 is 35.8 Å². The summed E-state index contributed by atoms with van der Waals surface area (Å²) in [5, 5.41) is 3.35. The normalized spacial score (nSPS) is 13.9. The van der Waals surface area contributed by atoms with Gasteiger partial charge >= 0.3 is 0 Å². The maximum Gasteiger partial charge on any atom is 0.289 e.